The van der Waals surface area contributed by atoms with Crippen LogP contribution in [0.25, 0.3) is 0 Å². The standard InChI is InChI=1S/C11H20N2O3S/c1-4-8(9(14)15)12-10(16)13-5-6-17-11(2,3)7-13/h8H,4-7H2,1-3H3,(H,12,16)(H,14,15)/t8-/m0/s1. The summed E-state index contributed by atoms with van der Waals surface area (Å²) in [5.41, 5.74) is 0. The highest BCUT2D eigenvalue weighted by atomic mass is 32.2. The molecule has 1 aliphatic rings. The molecule has 0 saturated carbocycles. The van der Waals surface area contributed by atoms with Crippen LogP contribution in [0.15, 0.2) is 0 Å². The zero-order valence-electron chi connectivity index (χ0n) is 10.5. The van der Waals surface area contributed by atoms with Crippen molar-refractivity contribution in [3.05, 3.63) is 0 Å². The Labute approximate surface area is 106 Å². The van der Waals surface area contributed by atoms with E-state index in [-0.39, 0.29) is 10.8 Å². The maximum absolute atomic E-state index is 11.9. The number of amides is 2. The van der Waals surface area contributed by atoms with Gasteiger partial charge in [0.15, 0.2) is 0 Å². The van der Waals surface area contributed by atoms with Gasteiger partial charge in [0.1, 0.15) is 6.04 Å². The molecule has 1 heterocycles. The van der Waals surface area contributed by atoms with E-state index in [4.69, 9.17) is 5.11 Å². The summed E-state index contributed by atoms with van der Waals surface area (Å²) < 4.78 is 0.0422. The first kappa shape index (κ1) is 14.2. The van der Waals surface area contributed by atoms with Gasteiger partial charge in [-0.15, -0.1) is 0 Å². The number of urea groups is 1. The lowest BCUT2D eigenvalue weighted by Crippen LogP contribution is -2.53. The molecule has 0 aromatic carbocycles. The number of aliphatic carboxylic acids is 1. The third-order valence-electron chi connectivity index (χ3n) is 2.72. The predicted molar refractivity (Wildman–Crippen MR) is 68.4 cm³/mol. The average Bonchev–Trinajstić information content (AvgIpc) is 2.23. The highest BCUT2D eigenvalue weighted by Gasteiger charge is 2.31. The van der Waals surface area contributed by atoms with Crippen molar-refractivity contribution in [3.63, 3.8) is 0 Å². The molecule has 2 N–H and O–H groups in total. The molecule has 98 valence electrons. The SMILES string of the molecule is CC[C@H](NC(=O)N1CCSC(C)(C)C1)C(=O)O. The monoisotopic (exact) mass is 260 g/mol. The Kier molecular flexibility index (Phi) is 4.68. The van der Waals surface area contributed by atoms with Gasteiger partial charge in [-0.05, 0) is 20.3 Å². The second kappa shape index (κ2) is 5.62. The summed E-state index contributed by atoms with van der Waals surface area (Å²) in [6.45, 7) is 7.25. The van der Waals surface area contributed by atoms with Gasteiger partial charge >= 0.3 is 12.0 Å². The van der Waals surface area contributed by atoms with Crippen LogP contribution in [0.4, 0.5) is 4.79 Å². The molecule has 0 radical (unpaired) electrons. The number of rotatable bonds is 3. The van der Waals surface area contributed by atoms with E-state index in [1.54, 1.807) is 11.8 Å². The summed E-state index contributed by atoms with van der Waals surface area (Å²) in [5.74, 6) is -0.0870. The smallest absolute Gasteiger partial charge is 0.326 e. The molecule has 6 heteroatoms. The molecule has 0 bridgehead atoms. The van der Waals surface area contributed by atoms with E-state index in [9.17, 15) is 9.59 Å². The number of thioether (sulfide) groups is 1. The van der Waals surface area contributed by atoms with Crippen molar-refractivity contribution in [1.82, 2.24) is 10.2 Å². The molecule has 0 aliphatic carbocycles. The molecule has 1 atom stereocenters. The zero-order chi connectivity index (χ0) is 13.1. The molecule has 1 saturated heterocycles. The van der Waals surface area contributed by atoms with Crippen LogP contribution in [0.1, 0.15) is 27.2 Å². The van der Waals surface area contributed by atoms with E-state index in [0.717, 1.165) is 5.75 Å². The summed E-state index contributed by atoms with van der Waals surface area (Å²) >= 11 is 1.83. The fraction of sp³-hybridized carbons (Fsp3) is 0.818. The van der Waals surface area contributed by atoms with Crippen molar-refractivity contribution in [2.45, 2.75) is 38.0 Å². The quantitative estimate of drug-likeness (QED) is 0.804. The zero-order valence-corrected chi connectivity index (χ0v) is 11.3. The Morgan fingerprint density at radius 2 is 2.18 bits per heavy atom. The van der Waals surface area contributed by atoms with Crippen LogP contribution in [0.3, 0.4) is 0 Å². The van der Waals surface area contributed by atoms with Crippen molar-refractivity contribution in [2.75, 3.05) is 18.8 Å². The van der Waals surface area contributed by atoms with Crippen LogP contribution in [0.5, 0.6) is 0 Å². The summed E-state index contributed by atoms with van der Waals surface area (Å²) in [4.78, 5) is 24.4. The molecule has 1 aliphatic heterocycles. The van der Waals surface area contributed by atoms with Crippen LogP contribution >= 0.6 is 11.8 Å². The van der Waals surface area contributed by atoms with Gasteiger partial charge in [-0.25, -0.2) is 9.59 Å². The lowest BCUT2D eigenvalue weighted by Gasteiger charge is -2.37. The van der Waals surface area contributed by atoms with Crippen molar-refractivity contribution in [1.29, 1.82) is 0 Å². The van der Waals surface area contributed by atoms with E-state index >= 15 is 0 Å². The molecule has 0 aromatic heterocycles. The Bertz CT molecular complexity index is 307. The summed E-state index contributed by atoms with van der Waals surface area (Å²) in [5, 5.41) is 11.4. The Hall–Kier alpha value is -0.910. The summed E-state index contributed by atoms with van der Waals surface area (Å²) in [6, 6.07) is -1.06. The number of carbonyl (C=O) groups is 2. The third kappa shape index (κ3) is 4.11. The molecule has 1 fully saturated rings. The average molecular weight is 260 g/mol. The fourth-order valence-corrected chi connectivity index (χ4v) is 2.88. The van der Waals surface area contributed by atoms with Gasteiger partial charge in [0, 0.05) is 23.6 Å². The summed E-state index contributed by atoms with van der Waals surface area (Å²) in [7, 11) is 0. The second-order valence-corrected chi connectivity index (χ2v) is 6.58. The lowest BCUT2D eigenvalue weighted by atomic mass is 10.2. The van der Waals surface area contributed by atoms with Gasteiger partial charge in [-0.1, -0.05) is 6.92 Å². The number of carboxylic acids is 1. The number of hydrogen-bond acceptors (Lipinski definition) is 3. The van der Waals surface area contributed by atoms with Gasteiger partial charge in [0.2, 0.25) is 0 Å². The molecule has 2 amide bonds. The molecule has 1 rings (SSSR count). The molecular formula is C11H20N2O3S. The third-order valence-corrected chi connectivity index (χ3v) is 4.01. The normalized spacial score (nSPS) is 20.8. The molecule has 0 unspecified atom stereocenters. The Morgan fingerprint density at radius 3 is 2.65 bits per heavy atom. The van der Waals surface area contributed by atoms with E-state index in [0.29, 0.717) is 19.5 Å². The Balaban J connectivity index is 2.55. The number of carbonyl (C=O) groups excluding carboxylic acids is 1. The van der Waals surface area contributed by atoms with Crippen LogP contribution in [-0.2, 0) is 4.79 Å². The van der Waals surface area contributed by atoms with E-state index in [1.165, 1.54) is 0 Å². The second-order valence-electron chi connectivity index (χ2n) is 4.78. The van der Waals surface area contributed by atoms with Crippen LogP contribution in [0.2, 0.25) is 0 Å². The predicted octanol–water partition coefficient (Wildman–Crippen LogP) is 1.39. The van der Waals surface area contributed by atoms with Crippen LogP contribution in [-0.4, -0.2) is 51.6 Å². The largest absolute Gasteiger partial charge is 0.480 e. The van der Waals surface area contributed by atoms with E-state index in [1.807, 2.05) is 11.8 Å². The molecule has 5 nitrogen and oxygen atoms in total. The minimum absolute atomic E-state index is 0.0422. The topological polar surface area (TPSA) is 69.6 Å². The number of nitrogens with one attached hydrogen (secondary N) is 1. The number of hydrogen-bond donors (Lipinski definition) is 2. The van der Waals surface area contributed by atoms with Gasteiger partial charge < -0.3 is 15.3 Å². The summed E-state index contributed by atoms with van der Waals surface area (Å²) in [6.07, 6.45) is 0.396. The van der Waals surface area contributed by atoms with Gasteiger partial charge in [-0.2, -0.15) is 11.8 Å². The van der Waals surface area contributed by atoms with Gasteiger partial charge in [0.05, 0.1) is 0 Å². The van der Waals surface area contributed by atoms with E-state index < -0.39 is 12.0 Å². The highest BCUT2D eigenvalue weighted by Crippen LogP contribution is 2.29. The fourth-order valence-electron chi connectivity index (χ4n) is 1.77. The molecule has 0 aromatic rings. The minimum Gasteiger partial charge on any atom is -0.480 e. The van der Waals surface area contributed by atoms with Crippen molar-refractivity contribution >= 4 is 23.8 Å². The van der Waals surface area contributed by atoms with E-state index in [2.05, 4.69) is 19.2 Å². The van der Waals surface area contributed by atoms with Gasteiger partial charge in [0.25, 0.3) is 0 Å². The molecular weight excluding hydrogens is 240 g/mol. The first-order valence-corrected chi connectivity index (χ1v) is 6.76. The van der Waals surface area contributed by atoms with Crippen LogP contribution in [0, 0.1) is 0 Å². The number of nitrogens with zero attached hydrogens (tertiary/aromatic N) is 1. The first-order valence-electron chi connectivity index (χ1n) is 5.78. The number of carboxylic acid groups (broad SMARTS) is 1. The van der Waals surface area contributed by atoms with Crippen molar-refractivity contribution in [2.24, 2.45) is 0 Å². The van der Waals surface area contributed by atoms with Crippen molar-refractivity contribution in [3.8, 4) is 0 Å². The Morgan fingerprint density at radius 1 is 1.53 bits per heavy atom. The first-order chi connectivity index (χ1) is 7.85. The minimum atomic E-state index is -0.980. The van der Waals surface area contributed by atoms with Crippen LogP contribution < -0.4 is 5.32 Å². The van der Waals surface area contributed by atoms with Crippen molar-refractivity contribution < 1.29 is 14.7 Å². The maximum atomic E-state index is 11.9. The molecule has 0 spiro atoms. The maximum Gasteiger partial charge on any atom is 0.326 e. The highest BCUT2D eigenvalue weighted by molar-refractivity contribution is 8.00. The van der Waals surface area contributed by atoms with Gasteiger partial charge in [-0.3, -0.25) is 0 Å². The molecule has 17 heavy (non-hydrogen) atoms. The lowest BCUT2D eigenvalue weighted by molar-refractivity contribution is -0.139.